The first-order valence-corrected chi connectivity index (χ1v) is 7.11. The molecular formula is C16H8BrClO. The summed E-state index contributed by atoms with van der Waals surface area (Å²) in [6.07, 6.45) is 0. The van der Waals surface area contributed by atoms with Crippen molar-refractivity contribution in [1.29, 1.82) is 0 Å². The van der Waals surface area contributed by atoms with Gasteiger partial charge in [0.1, 0.15) is 11.2 Å². The van der Waals surface area contributed by atoms with Gasteiger partial charge in [-0.2, -0.15) is 0 Å². The van der Waals surface area contributed by atoms with Gasteiger partial charge in [-0.25, -0.2) is 0 Å². The Hall–Kier alpha value is -1.51. The zero-order valence-corrected chi connectivity index (χ0v) is 12.1. The molecule has 0 saturated heterocycles. The summed E-state index contributed by atoms with van der Waals surface area (Å²) >= 11 is 9.78. The van der Waals surface area contributed by atoms with Crippen molar-refractivity contribution >= 4 is 60.2 Å². The quantitative estimate of drug-likeness (QED) is 0.376. The summed E-state index contributed by atoms with van der Waals surface area (Å²) in [5, 5.41) is 5.23. The summed E-state index contributed by atoms with van der Waals surface area (Å²) in [7, 11) is 0. The molecule has 0 aliphatic rings. The number of hydrogen-bond acceptors (Lipinski definition) is 1. The average Bonchev–Trinajstić information content (AvgIpc) is 2.82. The molecule has 0 N–H and O–H groups in total. The van der Waals surface area contributed by atoms with E-state index in [4.69, 9.17) is 16.0 Å². The predicted octanol–water partition coefficient (Wildman–Crippen LogP) is 6.16. The van der Waals surface area contributed by atoms with Crippen LogP contribution in [-0.4, -0.2) is 0 Å². The Labute approximate surface area is 122 Å². The van der Waals surface area contributed by atoms with Crippen molar-refractivity contribution in [3.8, 4) is 0 Å². The van der Waals surface area contributed by atoms with E-state index in [9.17, 15) is 0 Å². The van der Waals surface area contributed by atoms with E-state index < -0.39 is 0 Å². The molecule has 0 unspecified atom stereocenters. The van der Waals surface area contributed by atoms with Gasteiger partial charge in [0, 0.05) is 15.2 Å². The van der Waals surface area contributed by atoms with E-state index in [0.29, 0.717) is 5.02 Å². The molecule has 0 spiro atoms. The highest BCUT2D eigenvalue weighted by Crippen LogP contribution is 2.40. The highest BCUT2D eigenvalue weighted by molar-refractivity contribution is 9.10. The van der Waals surface area contributed by atoms with E-state index in [1.807, 2.05) is 30.3 Å². The Bertz CT molecular complexity index is 940. The molecule has 0 aliphatic carbocycles. The predicted molar refractivity (Wildman–Crippen MR) is 83.9 cm³/mol. The molecule has 19 heavy (non-hydrogen) atoms. The molecule has 0 aliphatic heterocycles. The van der Waals surface area contributed by atoms with Crippen molar-refractivity contribution in [3.63, 3.8) is 0 Å². The third-order valence-corrected chi connectivity index (χ3v) is 4.78. The smallest absolute Gasteiger partial charge is 0.136 e. The summed E-state index contributed by atoms with van der Waals surface area (Å²) in [6, 6.07) is 16.1. The SMILES string of the molecule is Clc1ccc2oc3ccc4ccccc4c3c2c1Br. The van der Waals surface area contributed by atoms with Crippen molar-refractivity contribution in [2.75, 3.05) is 0 Å². The van der Waals surface area contributed by atoms with Crippen LogP contribution in [0.2, 0.25) is 5.02 Å². The molecule has 4 rings (SSSR count). The van der Waals surface area contributed by atoms with Gasteiger partial charge in [-0.05, 0) is 44.9 Å². The van der Waals surface area contributed by atoms with Crippen molar-refractivity contribution in [2.45, 2.75) is 0 Å². The zero-order chi connectivity index (χ0) is 13.0. The first-order chi connectivity index (χ1) is 9.25. The van der Waals surface area contributed by atoms with Crippen molar-refractivity contribution in [1.82, 2.24) is 0 Å². The molecule has 1 heterocycles. The highest BCUT2D eigenvalue weighted by atomic mass is 79.9. The normalized spacial score (nSPS) is 11.7. The van der Waals surface area contributed by atoms with Gasteiger partial charge in [0.25, 0.3) is 0 Å². The second-order valence-electron chi connectivity index (χ2n) is 4.50. The second-order valence-corrected chi connectivity index (χ2v) is 5.70. The number of hydrogen-bond donors (Lipinski definition) is 0. The lowest BCUT2D eigenvalue weighted by Crippen LogP contribution is -1.75. The van der Waals surface area contributed by atoms with Gasteiger partial charge in [0.15, 0.2) is 0 Å². The molecule has 1 aromatic heterocycles. The molecule has 0 amide bonds. The number of fused-ring (bicyclic) bond motifs is 5. The standard InChI is InChI=1S/C16H8BrClO/c17-16-11(18)6-8-13-15(16)14-10-4-2-1-3-9(10)5-7-12(14)19-13/h1-8H. The van der Waals surface area contributed by atoms with Crippen LogP contribution < -0.4 is 0 Å². The average molecular weight is 332 g/mol. The van der Waals surface area contributed by atoms with Crippen LogP contribution in [0.25, 0.3) is 32.7 Å². The van der Waals surface area contributed by atoms with Gasteiger partial charge in [0.05, 0.1) is 5.02 Å². The van der Waals surface area contributed by atoms with E-state index in [1.54, 1.807) is 0 Å². The fourth-order valence-corrected chi connectivity index (χ4v) is 3.25. The topological polar surface area (TPSA) is 13.1 Å². The lowest BCUT2D eigenvalue weighted by Gasteiger charge is -2.00. The molecule has 92 valence electrons. The molecule has 3 aromatic carbocycles. The zero-order valence-electron chi connectivity index (χ0n) is 9.78. The third kappa shape index (κ3) is 1.54. The molecule has 0 saturated carbocycles. The lowest BCUT2D eigenvalue weighted by atomic mass is 10.0. The Morgan fingerprint density at radius 3 is 2.47 bits per heavy atom. The van der Waals surface area contributed by atoms with Gasteiger partial charge in [-0.1, -0.05) is 41.9 Å². The first-order valence-electron chi connectivity index (χ1n) is 5.93. The van der Waals surface area contributed by atoms with Crippen LogP contribution in [0, 0.1) is 0 Å². The number of rotatable bonds is 0. The summed E-state index contributed by atoms with van der Waals surface area (Å²) in [5.74, 6) is 0. The van der Waals surface area contributed by atoms with Gasteiger partial charge >= 0.3 is 0 Å². The minimum Gasteiger partial charge on any atom is -0.456 e. The van der Waals surface area contributed by atoms with Crippen LogP contribution in [-0.2, 0) is 0 Å². The fraction of sp³-hybridized carbons (Fsp3) is 0. The summed E-state index contributed by atoms with van der Waals surface area (Å²) in [5.41, 5.74) is 1.74. The fourth-order valence-electron chi connectivity index (χ4n) is 2.56. The third-order valence-electron chi connectivity index (χ3n) is 3.42. The van der Waals surface area contributed by atoms with Gasteiger partial charge in [0.2, 0.25) is 0 Å². The maximum Gasteiger partial charge on any atom is 0.136 e. The van der Waals surface area contributed by atoms with E-state index in [2.05, 4.69) is 34.1 Å². The monoisotopic (exact) mass is 330 g/mol. The van der Waals surface area contributed by atoms with Crippen LogP contribution in [0.1, 0.15) is 0 Å². The summed E-state index contributed by atoms with van der Waals surface area (Å²) in [6.45, 7) is 0. The maximum absolute atomic E-state index is 6.21. The molecule has 0 atom stereocenters. The minimum atomic E-state index is 0.697. The molecular weight excluding hydrogens is 324 g/mol. The molecule has 4 aromatic rings. The lowest BCUT2D eigenvalue weighted by molar-refractivity contribution is 0.669. The number of halogens is 2. The first kappa shape index (κ1) is 11.3. The molecule has 0 fully saturated rings. The molecule has 1 nitrogen and oxygen atoms in total. The van der Waals surface area contributed by atoms with Crippen LogP contribution in [0.4, 0.5) is 0 Å². The van der Waals surface area contributed by atoms with Crippen molar-refractivity contribution in [3.05, 3.63) is 58.0 Å². The molecule has 3 heteroatoms. The van der Waals surface area contributed by atoms with E-state index >= 15 is 0 Å². The van der Waals surface area contributed by atoms with E-state index in [-0.39, 0.29) is 0 Å². The van der Waals surface area contributed by atoms with Crippen molar-refractivity contribution < 1.29 is 4.42 Å². The summed E-state index contributed by atoms with van der Waals surface area (Å²) in [4.78, 5) is 0. The Morgan fingerprint density at radius 1 is 0.842 bits per heavy atom. The highest BCUT2D eigenvalue weighted by Gasteiger charge is 2.14. The Morgan fingerprint density at radius 2 is 1.58 bits per heavy atom. The maximum atomic E-state index is 6.21. The molecule has 0 bridgehead atoms. The summed E-state index contributed by atoms with van der Waals surface area (Å²) < 4.78 is 6.80. The Kier molecular flexibility index (Phi) is 2.38. The van der Waals surface area contributed by atoms with Crippen LogP contribution >= 0.6 is 27.5 Å². The number of furan rings is 1. The van der Waals surface area contributed by atoms with Gasteiger partial charge in [-0.15, -0.1) is 0 Å². The van der Waals surface area contributed by atoms with Crippen LogP contribution in [0.3, 0.4) is 0 Å². The molecule has 0 radical (unpaired) electrons. The van der Waals surface area contributed by atoms with Crippen molar-refractivity contribution in [2.24, 2.45) is 0 Å². The Balaban J connectivity index is 2.38. The second kappa shape index (κ2) is 3.99. The minimum absolute atomic E-state index is 0.697. The van der Waals surface area contributed by atoms with Crippen LogP contribution in [0.5, 0.6) is 0 Å². The van der Waals surface area contributed by atoms with Gasteiger partial charge in [-0.3, -0.25) is 0 Å². The van der Waals surface area contributed by atoms with E-state index in [1.165, 1.54) is 10.8 Å². The largest absolute Gasteiger partial charge is 0.456 e. The van der Waals surface area contributed by atoms with E-state index in [0.717, 1.165) is 26.4 Å². The van der Waals surface area contributed by atoms with Gasteiger partial charge < -0.3 is 4.42 Å². The van der Waals surface area contributed by atoms with Crippen LogP contribution in [0.15, 0.2) is 57.4 Å². The number of benzene rings is 3.